The minimum absolute atomic E-state index is 0.388. The Bertz CT molecular complexity index is 359. The molecule has 0 spiro atoms. The van der Waals surface area contributed by atoms with Crippen molar-refractivity contribution < 1.29 is 18.6 Å². The molecule has 0 saturated heterocycles. The Morgan fingerprint density at radius 1 is 1.56 bits per heavy atom. The molecule has 0 saturated carbocycles. The maximum atomic E-state index is 12.8. The Hall–Kier alpha value is -1.43. The van der Waals surface area contributed by atoms with Crippen molar-refractivity contribution in [2.75, 3.05) is 25.6 Å². The fraction of sp³-hybridized carbons (Fsp3) is 0.500. The van der Waals surface area contributed by atoms with Crippen LogP contribution >= 0.6 is 0 Å². The standard InChI is InChI=1S/C10H14F2N2O2/c1-7-3-8(9(16-2)4-13-7)14-5-10(11,12)6-15/h3-4,15H,5-6H2,1-2H3,(H,13,14). The number of pyridine rings is 1. The fourth-order valence-electron chi connectivity index (χ4n) is 1.13. The summed E-state index contributed by atoms with van der Waals surface area (Å²) in [6.45, 7) is -0.0928. The molecule has 1 rings (SSSR count). The summed E-state index contributed by atoms with van der Waals surface area (Å²) in [5.74, 6) is -2.76. The summed E-state index contributed by atoms with van der Waals surface area (Å²) in [4.78, 5) is 3.97. The molecule has 0 amide bonds. The lowest BCUT2D eigenvalue weighted by atomic mass is 10.3. The lowest BCUT2D eigenvalue weighted by Crippen LogP contribution is -2.31. The molecule has 16 heavy (non-hydrogen) atoms. The van der Waals surface area contributed by atoms with Crippen LogP contribution in [0.2, 0.25) is 0 Å². The quantitative estimate of drug-likeness (QED) is 0.806. The summed E-state index contributed by atoms with van der Waals surface area (Å²) in [5.41, 5.74) is 1.12. The van der Waals surface area contributed by atoms with Crippen molar-refractivity contribution in [1.29, 1.82) is 0 Å². The molecule has 0 fully saturated rings. The van der Waals surface area contributed by atoms with Gasteiger partial charge in [-0.05, 0) is 13.0 Å². The number of alkyl halides is 2. The molecule has 0 atom stereocenters. The van der Waals surface area contributed by atoms with Crippen molar-refractivity contribution in [1.82, 2.24) is 4.98 Å². The highest BCUT2D eigenvalue weighted by Crippen LogP contribution is 2.24. The van der Waals surface area contributed by atoms with Crippen LogP contribution in [0.25, 0.3) is 0 Å². The average molecular weight is 232 g/mol. The van der Waals surface area contributed by atoms with Crippen LogP contribution in [0.1, 0.15) is 5.69 Å². The minimum atomic E-state index is -3.15. The van der Waals surface area contributed by atoms with Crippen molar-refractivity contribution in [2.24, 2.45) is 0 Å². The van der Waals surface area contributed by atoms with Gasteiger partial charge in [0.1, 0.15) is 6.61 Å². The highest BCUT2D eigenvalue weighted by atomic mass is 19.3. The predicted octanol–water partition coefficient (Wildman–Crippen LogP) is 1.44. The Kier molecular flexibility index (Phi) is 4.00. The zero-order valence-corrected chi connectivity index (χ0v) is 9.13. The third-order valence-corrected chi connectivity index (χ3v) is 1.99. The third-order valence-electron chi connectivity index (χ3n) is 1.99. The first-order valence-electron chi connectivity index (χ1n) is 4.72. The van der Waals surface area contributed by atoms with Crippen LogP contribution in [0.3, 0.4) is 0 Å². The number of aryl methyl sites for hydroxylation is 1. The first-order valence-corrected chi connectivity index (χ1v) is 4.72. The number of hydrogen-bond acceptors (Lipinski definition) is 4. The number of aliphatic hydroxyl groups excluding tert-OH is 1. The SMILES string of the molecule is COc1cnc(C)cc1NCC(F)(F)CO. The summed E-state index contributed by atoms with van der Waals surface area (Å²) in [7, 11) is 1.43. The topological polar surface area (TPSA) is 54.4 Å². The van der Waals surface area contributed by atoms with Gasteiger partial charge in [0.2, 0.25) is 0 Å². The van der Waals surface area contributed by atoms with Crippen molar-refractivity contribution in [2.45, 2.75) is 12.8 Å². The first kappa shape index (κ1) is 12.6. The van der Waals surface area contributed by atoms with Gasteiger partial charge in [0.05, 0.1) is 25.5 Å². The van der Waals surface area contributed by atoms with Crippen LogP contribution in [0.5, 0.6) is 5.75 Å². The molecule has 0 aliphatic rings. The minimum Gasteiger partial charge on any atom is -0.493 e. The molecule has 0 aliphatic heterocycles. The van der Waals surface area contributed by atoms with Gasteiger partial charge in [-0.15, -0.1) is 0 Å². The molecule has 0 radical (unpaired) electrons. The van der Waals surface area contributed by atoms with Crippen LogP contribution < -0.4 is 10.1 Å². The van der Waals surface area contributed by atoms with Crippen molar-refractivity contribution >= 4 is 5.69 Å². The largest absolute Gasteiger partial charge is 0.493 e. The smallest absolute Gasteiger partial charge is 0.287 e. The molecule has 90 valence electrons. The molecule has 0 unspecified atom stereocenters. The molecule has 6 heteroatoms. The Morgan fingerprint density at radius 3 is 2.81 bits per heavy atom. The Morgan fingerprint density at radius 2 is 2.25 bits per heavy atom. The van der Waals surface area contributed by atoms with Gasteiger partial charge in [0.15, 0.2) is 5.75 Å². The third kappa shape index (κ3) is 3.30. The summed E-state index contributed by atoms with van der Waals surface area (Å²) < 4.78 is 30.6. The maximum Gasteiger partial charge on any atom is 0.287 e. The normalized spacial score (nSPS) is 11.3. The van der Waals surface area contributed by atoms with Gasteiger partial charge in [-0.25, -0.2) is 8.78 Å². The predicted molar refractivity (Wildman–Crippen MR) is 56.0 cm³/mol. The molecular weight excluding hydrogens is 218 g/mol. The molecule has 1 heterocycles. The summed E-state index contributed by atoms with van der Waals surface area (Å²) in [6.07, 6.45) is 1.45. The number of halogens is 2. The average Bonchev–Trinajstić information content (AvgIpc) is 2.27. The van der Waals surface area contributed by atoms with E-state index in [4.69, 9.17) is 9.84 Å². The molecule has 1 aromatic rings. The van der Waals surface area contributed by atoms with E-state index in [9.17, 15) is 8.78 Å². The Labute approximate surface area is 92.3 Å². The summed E-state index contributed by atoms with van der Waals surface area (Å²) in [6, 6.07) is 1.60. The second-order valence-electron chi connectivity index (χ2n) is 3.39. The molecular formula is C10H14F2N2O2. The lowest BCUT2D eigenvalue weighted by Gasteiger charge is -2.16. The highest BCUT2D eigenvalue weighted by molar-refractivity contribution is 5.56. The zero-order valence-electron chi connectivity index (χ0n) is 9.13. The second-order valence-corrected chi connectivity index (χ2v) is 3.39. The van der Waals surface area contributed by atoms with E-state index in [1.807, 2.05) is 0 Å². The van der Waals surface area contributed by atoms with Crippen molar-refractivity contribution in [3.05, 3.63) is 18.0 Å². The van der Waals surface area contributed by atoms with Gasteiger partial charge < -0.3 is 15.2 Å². The number of aliphatic hydroxyl groups is 1. The van der Waals surface area contributed by atoms with E-state index in [1.54, 1.807) is 13.0 Å². The molecule has 1 aromatic heterocycles. The lowest BCUT2D eigenvalue weighted by molar-refractivity contribution is -0.0373. The van der Waals surface area contributed by atoms with Gasteiger partial charge in [-0.3, -0.25) is 4.98 Å². The van der Waals surface area contributed by atoms with Crippen LogP contribution in [0, 0.1) is 6.92 Å². The van der Waals surface area contributed by atoms with E-state index in [0.717, 1.165) is 0 Å². The molecule has 0 aromatic carbocycles. The summed E-state index contributed by atoms with van der Waals surface area (Å²) >= 11 is 0. The number of aromatic nitrogens is 1. The Balaban J connectivity index is 2.76. The summed E-state index contributed by atoms with van der Waals surface area (Å²) in [5, 5.41) is 10.9. The second kappa shape index (κ2) is 5.07. The number of nitrogens with one attached hydrogen (secondary N) is 1. The number of hydrogen-bond donors (Lipinski definition) is 2. The molecule has 0 bridgehead atoms. The van der Waals surface area contributed by atoms with Crippen LogP contribution in [0.15, 0.2) is 12.3 Å². The van der Waals surface area contributed by atoms with Gasteiger partial charge in [-0.2, -0.15) is 0 Å². The number of methoxy groups -OCH3 is 1. The zero-order chi connectivity index (χ0) is 12.2. The van der Waals surface area contributed by atoms with E-state index in [1.165, 1.54) is 13.3 Å². The molecule has 2 N–H and O–H groups in total. The van der Waals surface area contributed by atoms with E-state index in [0.29, 0.717) is 17.1 Å². The van der Waals surface area contributed by atoms with E-state index < -0.39 is 19.1 Å². The highest BCUT2D eigenvalue weighted by Gasteiger charge is 2.27. The number of nitrogens with zero attached hydrogens (tertiary/aromatic N) is 1. The van der Waals surface area contributed by atoms with Crippen molar-refractivity contribution in [3.8, 4) is 5.75 Å². The van der Waals surface area contributed by atoms with E-state index >= 15 is 0 Å². The van der Waals surface area contributed by atoms with Gasteiger partial charge in [0.25, 0.3) is 5.92 Å². The first-order chi connectivity index (χ1) is 7.48. The van der Waals surface area contributed by atoms with Gasteiger partial charge >= 0.3 is 0 Å². The van der Waals surface area contributed by atoms with Crippen LogP contribution in [0.4, 0.5) is 14.5 Å². The number of ether oxygens (including phenoxy) is 1. The number of anilines is 1. The molecule has 0 aliphatic carbocycles. The fourth-order valence-corrected chi connectivity index (χ4v) is 1.13. The van der Waals surface area contributed by atoms with Gasteiger partial charge in [0, 0.05) is 5.69 Å². The van der Waals surface area contributed by atoms with E-state index in [2.05, 4.69) is 10.3 Å². The van der Waals surface area contributed by atoms with Crippen LogP contribution in [-0.4, -0.2) is 36.3 Å². The number of rotatable bonds is 5. The van der Waals surface area contributed by atoms with Crippen molar-refractivity contribution in [3.63, 3.8) is 0 Å². The van der Waals surface area contributed by atoms with Gasteiger partial charge in [-0.1, -0.05) is 0 Å². The molecule has 4 nitrogen and oxygen atoms in total. The van der Waals surface area contributed by atoms with E-state index in [-0.39, 0.29) is 0 Å². The van der Waals surface area contributed by atoms with Crippen LogP contribution in [-0.2, 0) is 0 Å². The monoisotopic (exact) mass is 232 g/mol. The maximum absolute atomic E-state index is 12.8.